The summed E-state index contributed by atoms with van der Waals surface area (Å²) in [5.41, 5.74) is 3.47. The summed E-state index contributed by atoms with van der Waals surface area (Å²) >= 11 is 0. The van der Waals surface area contributed by atoms with E-state index in [0.717, 1.165) is 30.7 Å². The van der Waals surface area contributed by atoms with Crippen molar-refractivity contribution in [2.24, 2.45) is 23.2 Å². The molecule has 3 atom stereocenters. The van der Waals surface area contributed by atoms with Gasteiger partial charge < -0.3 is 25.6 Å². The van der Waals surface area contributed by atoms with Gasteiger partial charge in [-0.1, -0.05) is 51.2 Å². The normalized spacial score (nSPS) is 23.5. The summed E-state index contributed by atoms with van der Waals surface area (Å²) < 4.78 is 2.04. The van der Waals surface area contributed by atoms with Crippen molar-refractivity contribution in [3.05, 3.63) is 71.5 Å². The fourth-order valence-electron chi connectivity index (χ4n) is 5.05. The number of amides is 3. The molecule has 4 rings (SSSR count). The number of carbonyl (C=O) groups excluding carboxylic acids is 2. The van der Waals surface area contributed by atoms with Gasteiger partial charge in [0.05, 0.1) is 12.3 Å². The molecule has 2 heterocycles. The molecule has 0 spiro atoms. The molecule has 1 aromatic rings. The maximum absolute atomic E-state index is 13.0. The molecular formula is C28H37N5O3. The van der Waals surface area contributed by atoms with Crippen molar-refractivity contribution in [3.63, 3.8) is 0 Å². The summed E-state index contributed by atoms with van der Waals surface area (Å²) in [4.78, 5) is 29.7. The van der Waals surface area contributed by atoms with Crippen LogP contribution in [0.5, 0.6) is 0 Å². The molecule has 192 valence electrons. The molecule has 1 aromatic heterocycles. The zero-order valence-corrected chi connectivity index (χ0v) is 21.5. The van der Waals surface area contributed by atoms with E-state index in [0.29, 0.717) is 23.0 Å². The lowest BCUT2D eigenvalue weighted by atomic mass is 9.76. The number of carbonyl (C=O) groups is 2. The number of fused-ring (bicyclic) bond motifs is 1. The van der Waals surface area contributed by atoms with Crippen LogP contribution in [-0.4, -0.2) is 39.7 Å². The van der Waals surface area contributed by atoms with Gasteiger partial charge in [0.25, 0.3) is 5.91 Å². The van der Waals surface area contributed by atoms with Gasteiger partial charge in [-0.25, -0.2) is 9.78 Å². The van der Waals surface area contributed by atoms with Crippen LogP contribution in [0.15, 0.2) is 65.7 Å². The molecule has 0 saturated heterocycles. The molecule has 8 heteroatoms. The number of nitrogens with one attached hydrogen (secondary N) is 3. The highest BCUT2D eigenvalue weighted by Gasteiger charge is 2.31. The maximum atomic E-state index is 13.0. The Morgan fingerprint density at radius 1 is 1.19 bits per heavy atom. The predicted molar refractivity (Wildman–Crippen MR) is 140 cm³/mol. The Morgan fingerprint density at radius 3 is 2.69 bits per heavy atom. The monoisotopic (exact) mass is 491 g/mol. The molecule has 3 aliphatic rings. The number of allylic oxidation sites excluding steroid dienone is 6. The highest BCUT2D eigenvalue weighted by molar-refractivity contribution is 5.97. The van der Waals surface area contributed by atoms with Crippen LogP contribution >= 0.6 is 0 Å². The number of imidazole rings is 1. The van der Waals surface area contributed by atoms with Crippen molar-refractivity contribution in [2.75, 3.05) is 13.2 Å². The minimum Gasteiger partial charge on any atom is -0.395 e. The topological polar surface area (TPSA) is 108 Å². The second kappa shape index (κ2) is 10.7. The van der Waals surface area contributed by atoms with Gasteiger partial charge in [-0.3, -0.25) is 4.79 Å². The largest absolute Gasteiger partial charge is 0.395 e. The first-order valence-electron chi connectivity index (χ1n) is 12.6. The van der Waals surface area contributed by atoms with E-state index in [-0.39, 0.29) is 42.3 Å². The van der Waals surface area contributed by atoms with Gasteiger partial charge in [0.1, 0.15) is 0 Å². The van der Waals surface area contributed by atoms with Crippen molar-refractivity contribution >= 4 is 17.6 Å². The predicted octanol–water partition coefficient (Wildman–Crippen LogP) is 3.66. The van der Waals surface area contributed by atoms with E-state index in [1.807, 2.05) is 29.0 Å². The second-order valence-electron chi connectivity index (χ2n) is 10.8. The van der Waals surface area contributed by atoms with Crippen molar-refractivity contribution in [2.45, 2.75) is 47.1 Å². The minimum atomic E-state index is -0.378. The first kappa shape index (κ1) is 25.7. The summed E-state index contributed by atoms with van der Waals surface area (Å²) in [6.07, 6.45) is 17.6. The van der Waals surface area contributed by atoms with Gasteiger partial charge in [-0.2, -0.15) is 0 Å². The number of urea groups is 1. The van der Waals surface area contributed by atoms with Gasteiger partial charge in [-0.15, -0.1) is 0 Å². The third kappa shape index (κ3) is 5.70. The van der Waals surface area contributed by atoms with Crippen molar-refractivity contribution < 1.29 is 14.7 Å². The Hall–Kier alpha value is -3.39. The van der Waals surface area contributed by atoms with Gasteiger partial charge in [0.15, 0.2) is 5.82 Å². The Balaban J connectivity index is 1.49. The SMILES string of the molecule is CC1=C(NC(=O)C2=CCC(C(C)(C)C)C=C2)C=CCC1C1C=C(NC(=O)NCCO)c2nccn2C1. The summed E-state index contributed by atoms with van der Waals surface area (Å²) in [5.74, 6) is 1.32. The quantitative estimate of drug-likeness (QED) is 0.487. The fourth-order valence-corrected chi connectivity index (χ4v) is 5.05. The van der Waals surface area contributed by atoms with Crippen LogP contribution in [0, 0.1) is 23.2 Å². The number of aromatic nitrogens is 2. The molecule has 36 heavy (non-hydrogen) atoms. The van der Waals surface area contributed by atoms with Crippen molar-refractivity contribution in [1.29, 1.82) is 0 Å². The molecule has 0 saturated carbocycles. The van der Waals surface area contributed by atoms with Crippen LogP contribution in [-0.2, 0) is 11.3 Å². The number of aliphatic hydroxyl groups is 1. The van der Waals surface area contributed by atoms with E-state index < -0.39 is 0 Å². The number of aliphatic hydroxyl groups excluding tert-OH is 1. The molecule has 0 bridgehead atoms. The lowest BCUT2D eigenvalue weighted by Gasteiger charge is -2.33. The van der Waals surface area contributed by atoms with Crippen LogP contribution in [0.2, 0.25) is 0 Å². The lowest BCUT2D eigenvalue weighted by Crippen LogP contribution is -2.38. The van der Waals surface area contributed by atoms with Crippen molar-refractivity contribution in [1.82, 2.24) is 25.5 Å². The molecule has 3 amide bonds. The first-order chi connectivity index (χ1) is 17.2. The number of hydrogen-bond acceptors (Lipinski definition) is 4. The molecule has 3 unspecified atom stereocenters. The van der Waals surface area contributed by atoms with E-state index in [9.17, 15) is 9.59 Å². The zero-order valence-electron chi connectivity index (χ0n) is 21.5. The Labute approximate surface area is 212 Å². The van der Waals surface area contributed by atoms with E-state index in [2.05, 4.69) is 66.9 Å². The van der Waals surface area contributed by atoms with Gasteiger partial charge in [0.2, 0.25) is 0 Å². The minimum absolute atomic E-state index is 0.0859. The van der Waals surface area contributed by atoms with E-state index >= 15 is 0 Å². The molecular weight excluding hydrogens is 454 g/mol. The zero-order chi connectivity index (χ0) is 25.9. The maximum Gasteiger partial charge on any atom is 0.319 e. The third-order valence-electron chi connectivity index (χ3n) is 7.29. The van der Waals surface area contributed by atoms with Crippen molar-refractivity contribution in [3.8, 4) is 0 Å². The molecule has 2 aliphatic carbocycles. The average Bonchev–Trinajstić information content (AvgIpc) is 3.32. The molecule has 4 N–H and O–H groups in total. The lowest BCUT2D eigenvalue weighted by molar-refractivity contribution is -0.116. The third-order valence-corrected chi connectivity index (χ3v) is 7.29. The Kier molecular flexibility index (Phi) is 7.64. The van der Waals surface area contributed by atoms with E-state index in [1.54, 1.807) is 6.20 Å². The van der Waals surface area contributed by atoms with E-state index in [1.165, 1.54) is 0 Å². The first-order valence-corrected chi connectivity index (χ1v) is 12.6. The average molecular weight is 492 g/mol. The van der Waals surface area contributed by atoms with Gasteiger partial charge >= 0.3 is 6.03 Å². The van der Waals surface area contributed by atoms with Crippen LogP contribution in [0.1, 0.15) is 46.4 Å². The van der Waals surface area contributed by atoms with Crippen LogP contribution in [0.3, 0.4) is 0 Å². The Morgan fingerprint density at radius 2 is 2.00 bits per heavy atom. The Bertz CT molecular complexity index is 1160. The standard InChI is InChI=1S/C28H37N5O3/c1-18-22(20-16-24(32-27(36)30-13-15-34)25-29-12-14-33(25)17-20)6-5-7-23(18)31-26(35)19-8-10-21(11-9-19)28(2,3)4/h5,7-10,12,14,16,20-22,34H,6,11,13,15,17H2,1-4H3,(H,31,35)(H2,30,32,36). The number of nitrogens with zero attached hydrogens (tertiary/aromatic N) is 2. The van der Waals surface area contributed by atoms with Gasteiger partial charge in [-0.05, 0) is 48.7 Å². The number of hydrogen-bond donors (Lipinski definition) is 4. The summed E-state index contributed by atoms with van der Waals surface area (Å²) in [7, 11) is 0. The number of rotatable bonds is 6. The molecule has 0 fully saturated rings. The fraction of sp³-hybridized carbons (Fsp3) is 0.464. The van der Waals surface area contributed by atoms with Crippen LogP contribution < -0.4 is 16.0 Å². The van der Waals surface area contributed by atoms with Crippen LogP contribution in [0.25, 0.3) is 5.70 Å². The summed E-state index contributed by atoms with van der Waals surface area (Å²) in [5, 5.41) is 17.6. The highest BCUT2D eigenvalue weighted by atomic mass is 16.3. The molecule has 0 aromatic carbocycles. The second-order valence-corrected chi connectivity index (χ2v) is 10.8. The molecule has 0 radical (unpaired) electrons. The van der Waals surface area contributed by atoms with Crippen LogP contribution in [0.4, 0.5) is 4.79 Å². The van der Waals surface area contributed by atoms with E-state index in [4.69, 9.17) is 5.11 Å². The smallest absolute Gasteiger partial charge is 0.319 e. The summed E-state index contributed by atoms with van der Waals surface area (Å²) in [6.45, 7) is 9.52. The highest BCUT2D eigenvalue weighted by Crippen LogP contribution is 2.36. The molecule has 1 aliphatic heterocycles. The van der Waals surface area contributed by atoms with Gasteiger partial charge in [0, 0.05) is 42.7 Å². The molecule has 8 nitrogen and oxygen atoms in total. The summed E-state index contributed by atoms with van der Waals surface area (Å²) in [6, 6.07) is -0.378.